The molecule has 6 heteroatoms. The molecule has 0 bridgehead atoms. The van der Waals surface area contributed by atoms with Crippen molar-refractivity contribution in [1.29, 1.82) is 0 Å². The molecule has 1 aliphatic rings. The maximum absolute atomic E-state index is 12.8. The van der Waals surface area contributed by atoms with Gasteiger partial charge in [0.1, 0.15) is 5.75 Å². The van der Waals surface area contributed by atoms with Crippen LogP contribution < -0.4 is 15.4 Å². The minimum absolute atomic E-state index is 0.00773. The molecule has 3 amide bonds. The van der Waals surface area contributed by atoms with Gasteiger partial charge in [0, 0.05) is 26.2 Å². The van der Waals surface area contributed by atoms with Crippen molar-refractivity contribution in [3.63, 3.8) is 0 Å². The highest BCUT2D eigenvalue weighted by Gasteiger charge is 2.39. The summed E-state index contributed by atoms with van der Waals surface area (Å²) in [5.41, 5.74) is 1.45. The zero-order valence-corrected chi connectivity index (χ0v) is 17.1. The van der Waals surface area contributed by atoms with Crippen LogP contribution in [0.15, 0.2) is 54.6 Å². The fraction of sp³-hybridized carbons (Fsp3) is 0.391. The van der Waals surface area contributed by atoms with Crippen LogP contribution in [0.25, 0.3) is 0 Å². The van der Waals surface area contributed by atoms with E-state index in [9.17, 15) is 9.59 Å². The Morgan fingerprint density at radius 1 is 1.03 bits per heavy atom. The van der Waals surface area contributed by atoms with E-state index in [1.807, 2.05) is 61.5 Å². The molecule has 1 saturated heterocycles. The van der Waals surface area contributed by atoms with Gasteiger partial charge < -0.3 is 20.3 Å². The topological polar surface area (TPSA) is 70.7 Å². The molecule has 3 rings (SSSR count). The van der Waals surface area contributed by atoms with Crippen LogP contribution in [0.5, 0.6) is 5.75 Å². The number of ether oxygens (including phenoxy) is 1. The van der Waals surface area contributed by atoms with Gasteiger partial charge in [0.15, 0.2) is 0 Å². The zero-order chi connectivity index (χ0) is 20.7. The number of hydrogen-bond acceptors (Lipinski definition) is 3. The third-order valence-corrected chi connectivity index (χ3v) is 5.41. The van der Waals surface area contributed by atoms with E-state index in [4.69, 9.17) is 4.74 Å². The molecule has 0 aromatic heterocycles. The number of carbonyl (C=O) groups excluding carboxylic acids is 2. The maximum atomic E-state index is 12.8. The maximum Gasteiger partial charge on any atom is 0.317 e. The highest BCUT2D eigenvalue weighted by Crippen LogP contribution is 2.30. The van der Waals surface area contributed by atoms with Gasteiger partial charge >= 0.3 is 6.03 Å². The Morgan fingerprint density at radius 2 is 1.76 bits per heavy atom. The van der Waals surface area contributed by atoms with Crippen molar-refractivity contribution in [2.24, 2.45) is 5.41 Å². The van der Waals surface area contributed by atoms with Gasteiger partial charge in [-0.1, -0.05) is 42.5 Å². The number of amides is 3. The van der Waals surface area contributed by atoms with Gasteiger partial charge in [-0.2, -0.15) is 0 Å². The number of carbonyl (C=O) groups is 2. The standard InChI is InChI=1S/C23H29N3O3/c1-23(21(27)24-15-18-8-4-3-5-9-18)12-7-13-26(17-23)22(28)25-16-19-10-6-11-20(14-19)29-2/h3-6,8-11,14H,7,12-13,15-17H2,1-2H3,(H,24,27)(H,25,28). The fourth-order valence-electron chi connectivity index (χ4n) is 3.66. The van der Waals surface area contributed by atoms with Crippen LogP contribution in [0.3, 0.4) is 0 Å². The largest absolute Gasteiger partial charge is 0.497 e. The van der Waals surface area contributed by atoms with Crippen molar-refractivity contribution in [1.82, 2.24) is 15.5 Å². The van der Waals surface area contributed by atoms with Gasteiger partial charge in [-0.25, -0.2) is 4.79 Å². The van der Waals surface area contributed by atoms with E-state index >= 15 is 0 Å². The molecule has 2 N–H and O–H groups in total. The monoisotopic (exact) mass is 395 g/mol. The van der Waals surface area contributed by atoms with Gasteiger partial charge in [0.2, 0.25) is 5.91 Å². The van der Waals surface area contributed by atoms with Crippen molar-refractivity contribution < 1.29 is 14.3 Å². The molecule has 1 aliphatic heterocycles. The first-order valence-electron chi connectivity index (χ1n) is 9.98. The van der Waals surface area contributed by atoms with Crippen LogP contribution in [0.2, 0.25) is 0 Å². The van der Waals surface area contributed by atoms with Crippen LogP contribution >= 0.6 is 0 Å². The van der Waals surface area contributed by atoms with E-state index in [0.29, 0.717) is 26.2 Å². The average Bonchev–Trinajstić information content (AvgIpc) is 2.76. The van der Waals surface area contributed by atoms with Crippen molar-refractivity contribution in [3.8, 4) is 5.75 Å². The summed E-state index contributed by atoms with van der Waals surface area (Å²) in [5.74, 6) is 0.754. The second-order valence-electron chi connectivity index (χ2n) is 7.76. The minimum atomic E-state index is -0.583. The predicted molar refractivity (Wildman–Crippen MR) is 112 cm³/mol. The van der Waals surface area contributed by atoms with E-state index in [0.717, 1.165) is 29.7 Å². The van der Waals surface area contributed by atoms with Crippen molar-refractivity contribution in [2.75, 3.05) is 20.2 Å². The Morgan fingerprint density at radius 3 is 2.52 bits per heavy atom. The van der Waals surface area contributed by atoms with Crippen molar-refractivity contribution in [2.45, 2.75) is 32.9 Å². The molecule has 154 valence electrons. The Hall–Kier alpha value is -3.02. The van der Waals surface area contributed by atoms with Crippen LogP contribution in [0.1, 0.15) is 30.9 Å². The summed E-state index contributed by atoms with van der Waals surface area (Å²) in [4.78, 5) is 27.2. The molecule has 2 aromatic carbocycles. The second kappa shape index (κ2) is 9.45. The smallest absolute Gasteiger partial charge is 0.317 e. The number of nitrogens with zero attached hydrogens (tertiary/aromatic N) is 1. The summed E-state index contributed by atoms with van der Waals surface area (Å²) >= 11 is 0. The average molecular weight is 396 g/mol. The Bertz CT molecular complexity index is 840. The number of methoxy groups -OCH3 is 1. The lowest BCUT2D eigenvalue weighted by Crippen LogP contribution is -2.53. The number of hydrogen-bond donors (Lipinski definition) is 2. The zero-order valence-electron chi connectivity index (χ0n) is 17.1. The summed E-state index contributed by atoms with van der Waals surface area (Å²) in [6.07, 6.45) is 1.58. The highest BCUT2D eigenvalue weighted by molar-refractivity contribution is 5.84. The van der Waals surface area contributed by atoms with Crippen LogP contribution in [-0.2, 0) is 17.9 Å². The predicted octanol–water partition coefficient (Wildman–Crippen LogP) is 3.32. The van der Waals surface area contributed by atoms with E-state index < -0.39 is 5.41 Å². The van der Waals surface area contributed by atoms with Crippen molar-refractivity contribution in [3.05, 3.63) is 65.7 Å². The van der Waals surface area contributed by atoms with E-state index in [-0.39, 0.29) is 11.9 Å². The Balaban J connectivity index is 1.54. The summed E-state index contributed by atoms with van der Waals surface area (Å²) in [5, 5.41) is 5.98. The molecule has 1 unspecified atom stereocenters. The van der Waals surface area contributed by atoms with Crippen LogP contribution in [0.4, 0.5) is 4.79 Å². The number of nitrogens with one attached hydrogen (secondary N) is 2. The number of likely N-dealkylation sites (tertiary alicyclic amines) is 1. The Kier molecular flexibility index (Phi) is 6.75. The minimum Gasteiger partial charge on any atom is -0.497 e. The third kappa shape index (κ3) is 5.50. The Labute approximate surface area is 172 Å². The van der Waals surface area contributed by atoms with Crippen LogP contribution in [-0.4, -0.2) is 37.0 Å². The molecular formula is C23H29N3O3. The quantitative estimate of drug-likeness (QED) is 0.788. The fourth-order valence-corrected chi connectivity index (χ4v) is 3.66. The van der Waals surface area contributed by atoms with Gasteiger partial charge in [0.05, 0.1) is 12.5 Å². The summed E-state index contributed by atoms with van der Waals surface area (Å²) in [6, 6.07) is 17.3. The molecule has 0 spiro atoms. The molecule has 29 heavy (non-hydrogen) atoms. The lowest BCUT2D eigenvalue weighted by molar-refractivity contribution is -0.132. The van der Waals surface area contributed by atoms with Crippen LogP contribution in [0, 0.1) is 5.41 Å². The van der Waals surface area contributed by atoms with Gasteiger partial charge in [-0.15, -0.1) is 0 Å². The number of piperidine rings is 1. The number of benzene rings is 2. The number of urea groups is 1. The van der Waals surface area contributed by atoms with Gasteiger partial charge in [-0.05, 0) is 43.0 Å². The van der Waals surface area contributed by atoms with Crippen molar-refractivity contribution >= 4 is 11.9 Å². The van der Waals surface area contributed by atoms with Gasteiger partial charge in [-0.3, -0.25) is 4.79 Å². The summed E-state index contributed by atoms with van der Waals surface area (Å²) in [6.45, 7) is 3.93. The molecule has 1 atom stereocenters. The second-order valence-corrected chi connectivity index (χ2v) is 7.76. The third-order valence-electron chi connectivity index (χ3n) is 5.41. The first kappa shape index (κ1) is 20.7. The lowest BCUT2D eigenvalue weighted by Gasteiger charge is -2.39. The summed E-state index contributed by atoms with van der Waals surface area (Å²) in [7, 11) is 1.62. The first-order valence-corrected chi connectivity index (χ1v) is 9.98. The van der Waals surface area contributed by atoms with E-state index in [2.05, 4.69) is 10.6 Å². The highest BCUT2D eigenvalue weighted by atomic mass is 16.5. The molecule has 2 aromatic rings. The molecule has 6 nitrogen and oxygen atoms in total. The molecular weight excluding hydrogens is 366 g/mol. The molecule has 1 heterocycles. The van der Waals surface area contributed by atoms with E-state index in [1.165, 1.54) is 0 Å². The molecule has 0 aliphatic carbocycles. The SMILES string of the molecule is COc1cccc(CNC(=O)N2CCCC(C)(C(=O)NCc3ccccc3)C2)c1. The first-order chi connectivity index (χ1) is 14.0. The van der Waals surface area contributed by atoms with Gasteiger partial charge in [0.25, 0.3) is 0 Å². The lowest BCUT2D eigenvalue weighted by atomic mass is 9.81. The normalized spacial score (nSPS) is 18.8. The molecule has 0 radical (unpaired) electrons. The number of rotatable bonds is 6. The van der Waals surface area contributed by atoms with E-state index in [1.54, 1.807) is 12.0 Å². The molecule has 0 saturated carbocycles. The molecule has 1 fully saturated rings. The summed E-state index contributed by atoms with van der Waals surface area (Å²) < 4.78 is 5.22.